The predicted molar refractivity (Wildman–Crippen MR) is 90.8 cm³/mol. The number of aryl methyl sites for hydroxylation is 1. The zero-order valence-electron chi connectivity index (χ0n) is 12.8. The fraction of sp³-hybridized carbons (Fsp3) is 0.188. The zero-order chi connectivity index (χ0) is 18.0. The number of methoxy groups -OCH3 is 1. The van der Waals surface area contributed by atoms with Crippen LogP contribution in [0, 0.1) is 6.92 Å². The van der Waals surface area contributed by atoms with Gasteiger partial charge in [-0.2, -0.15) is 8.42 Å². The summed E-state index contributed by atoms with van der Waals surface area (Å²) in [7, 11) is -2.80. The van der Waals surface area contributed by atoms with E-state index < -0.39 is 20.4 Å². The van der Waals surface area contributed by atoms with Crippen LogP contribution in [0.15, 0.2) is 53.4 Å². The van der Waals surface area contributed by atoms with Crippen molar-refractivity contribution in [1.82, 2.24) is 0 Å². The molecule has 0 amide bonds. The second-order valence-electron chi connectivity index (χ2n) is 4.94. The van der Waals surface area contributed by atoms with Gasteiger partial charge < -0.3 is 8.92 Å². The largest absolute Gasteiger partial charge is 0.467 e. The van der Waals surface area contributed by atoms with Crippen LogP contribution in [0.25, 0.3) is 0 Å². The highest BCUT2D eigenvalue weighted by atomic mass is 35.5. The van der Waals surface area contributed by atoms with Gasteiger partial charge in [-0.05, 0) is 36.8 Å². The van der Waals surface area contributed by atoms with E-state index in [0.29, 0.717) is 0 Å². The average Bonchev–Trinajstić information content (AvgIpc) is 2.54. The van der Waals surface area contributed by atoms with E-state index in [2.05, 4.69) is 4.74 Å². The molecule has 0 aliphatic heterocycles. The molecule has 24 heavy (non-hydrogen) atoms. The van der Waals surface area contributed by atoms with E-state index in [1.807, 2.05) is 6.92 Å². The smallest absolute Gasteiger partial charge is 0.347 e. The molecule has 2 aromatic rings. The molecule has 0 radical (unpaired) electrons. The van der Waals surface area contributed by atoms with Gasteiger partial charge in [0.1, 0.15) is 10.6 Å². The van der Waals surface area contributed by atoms with Gasteiger partial charge >= 0.3 is 16.1 Å². The number of esters is 1. The summed E-state index contributed by atoms with van der Waals surface area (Å²) in [6.45, 7) is 1.85. The Labute approximate surface area is 150 Å². The lowest BCUT2D eigenvalue weighted by molar-refractivity contribution is -0.141. The average molecular weight is 389 g/mol. The van der Waals surface area contributed by atoms with E-state index >= 15 is 0 Å². The Balaban J connectivity index is 2.23. The molecule has 0 fully saturated rings. The second-order valence-corrected chi connectivity index (χ2v) is 7.81. The van der Waals surface area contributed by atoms with Crippen LogP contribution in [-0.2, 0) is 24.0 Å². The number of ether oxygens (including phenoxy) is 1. The van der Waals surface area contributed by atoms with E-state index in [9.17, 15) is 13.2 Å². The summed E-state index contributed by atoms with van der Waals surface area (Å²) >= 11 is 11.9. The highest BCUT2D eigenvalue weighted by molar-refractivity contribution is 7.87. The highest BCUT2D eigenvalue weighted by Gasteiger charge is 2.37. The van der Waals surface area contributed by atoms with E-state index in [1.54, 1.807) is 12.1 Å². The van der Waals surface area contributed by atoms with Crippen molar-refractivity contribution in [2.75, 3.05) is 7.11 Å². The number of hydrogen-bond acceptors (Lipinski definition) is 5. The number of carbonyl (C=O) groups is 1. The van der Waals surface area contributed by atoms with Crippen molar-refractivity contribution in [2.24, 2.45) is 0 Å². The summed E-state index contributed by atoms with van der Waals surface area (Å²) in [4.78, 5) is 11.6. The normalized spacial score (nSPS) is 11.8. The van der Waals surface area contributed by atoms with Gasteiger partial charge in [-0.3, -0.25) is 0 Å². The van der Waals surface area contributed by atoms with Crippen molar-refractivity contribution < 1.29 is 22.1 Å². The van der Waals surface area contributed by atoms with Gasteiger partial charge in [-0.1, -0.05) is 53.0 Å². The molecular weight excluding hydrogens is 375 g/mol. The van der Waals surface area contributed by atoms with Gasteiger partial charge in [-0.25, -0.2) is 4.79 Å². The Hall–Kier alpha value is -1.76. The van der Waals surface area contributed by atoms with Crippen LogP contribution >= 0.6 is 23.2 Å². The van der Waals surface area contributed by atoms with Gasteiger partial charge in [0.25, 0.3) is 0 Å². The standard InChI is InChI=1S/C16H14Cl2O5S/c1-11-3-9-14(10-4-11)24(20,21)23-13-7-5-12(6-8-13)16(17,18)15(19)22-2/h3-10H,1-2H3. The second kappa shape index (κ2) is 7.01. The minimum absolute atomic E-state index is 0.0378. The first-order chi connectivity index (χ1) is 11.2. The monoisotopic (exact) mass is 388 g/mol. The molecule has 8 heteroatoms. The van der Waals surface area contributed by atoms with E-state index in [0.717, 1.165) is 12.7 Å². The Kier molecular flexibility index (Phi) is 5.42. The maximum absolute atomic E-state index is 12.2. The van der Waals surface area contributed by atoms with Crippen LogP contribution < -0.4 is 4.18 Å². The first-order valence-corrected chi connectivity index (χ1v) is 8.91. The number of rotatable bonds is 5. The molecule has 0 N–H and O–H groups in total. The van der Waals surface area contributed by atoms with Crippen molar-refractivity contribution >= 4 is 39.3 Å². The Morgan fingerprint density at radius 1 is 1.00 bits per heavy atom. The van der Waals surface area contributed by atoms with Crippen molar-refractivity contribution in [1.29, 1.82) is 0 Å². The highest BCUT2D eigenvalue weighted by Crippen LogP contribution is 2.36. The summed E-state index contributed by atoms with van der Waals surface area (Å²) in [5.41, 5.74) is 1.17. The van der Waals surface area contributed by atoms with Gasteiger partial charge in [0, 0.05) is 0 Å². The Morgan fingerprint density at radius 3 is 2.04 bits per heavy atom. The van der Waals surface area contributed by atoms with Crippen molar-refractivity contribution in [3.63, 3.8) is 0 Å². The van der Waals surface area contributed by atoms with Crippen LogP contribution in [0.1, 0.15) is 11.1 Å². The van der Waals surface area contributed by atoms with Gasteiger partial charge in [0.15, 0.2) is 0 Å². The molecule has 0 saturated heterocycles. The maximum atomic E-state index is 12.2. The molecule has 0 heterocycles. The molecule has 0 unspecified atom stereocenters. The minimum atomic E-state index is -3.96. The number of hydrogen-bond donors (Lipinski definition) is 0. The van der Waals surface area contributed by atoms with Gasteiger partial charge in [-0.15, -0.1) is 0 Å². The third-order valence-corrected chi connectivity index (χ3v) is 5.18. The zero-order valence-corrected chi connectivity index (χ0v) is 15.2. The molecule has 0 bridgehead atoms. The number of alkyl halides is 2. The predicted octanol–water partition coefficient (Wildman–Crippen LogP) is 3.57. The number of carbonyl (C=O) groups excluding carboxylic acids is 1. The van der Waals surface area contributed by atoms with Crippen molar-refractivity contribution in [3.05, 3.63) is 59.7 Å². The number of benzene rings is 2. The summed E-state index contributed by atoms with van der Waals surface area (Å²) < 4.78 is 32.1. The third-order valence-electron chi connectivity index (χ3n) is 3.17. The molecule has 0 aromatic heterocycles. The van der Waals surface area contributed by atoms with Gasteiger partial charge in [0.05, 0.1) is 7.11 Å². The van der Waals surface area contributed by atoms with E-state index in [1.165, 1.54) is 36.4 Å². The molecule has 128 valence electrons. The summed E-state index contributed by atoms with van der Waals surface area (Å²) in [5, 5.41) is 0. The van der Waals surface area contributed by atoms with Crippen LogP contribution in [0.4, 0.5) is 0 Å². The molecule has 2 rings (SSSR count). The third kappa shape index (κ3) is 4.01. The molecule has 0 saturated carbocycles. The molecule has 2 aromatic carbocycles. The molecule has 0 spiro atoms. The van der Waals surface area contributed by atoms with E-state index in [-0.39, 0.29) is 16.2 Å². The van der Waals surface area contributed by atoms with Crippen molar-refractivity contribution in [2.45, 2.75) is 16.2 Å². The summed E-state index contributed by atoms with van der Waals surface area (Å²) in [6, 6.07) is 11.7. The minimum Gasteiger partial charge on any atom is -0.467 e. The quantitative estimate of drug-likeness (QED) is 0.444. The lowest BCUT2D eigenvalue weighted by atomic mass is 10.1. The molecule has 0 aliphatic carbocycles. The van der Waals surface area contributed by atoms with Crippen LogP contribution in [0.5, 0.6) is 5.75 Å². The van der Waals surface area contributed by atoms with E-state index in [4.69, 9.17) is 27.4 Å². The SMILES string of the molecule is COC(=O)C(Cl)(Cl)c1ccc(OS(=O)(=O)c2ccc(C)cc2)cc1. The topological polar surface area (TPSA) is 69.7 Å². The van der Waals surface area contributed by atoms with Crippen LogP contribution in [0.3, 0.4) is 0 Å². The van der Waals surface area contributed by atoms with Gasteiger partial charge in [0.2, 0.25) is 4.33 Å². The molecule has 0 atom stereocenters. The van der Waals surface area contributed by atoms with Crippen molar-refractivity contribution in [3.8, 4) is 5.75 Å². The number of halogens is 2. The Bertz CT molecular complexity index is 828. The lowest BCUT2D eigenvalue weighted by Crippen LogP contribution is -2.24. The molecule has 5 nitrogen and oxygen atoms in total. The van der Waals surface area contributed by atoms with Crippen LogP contribution in [-0.4, -0.2) is 21.5 Å². The first-order valence-electron chi connectivity index (χ1n) is 6.75. The lowest BCUT2D eigenvalue weighted by Gasteiger charge is -2.17. The fourth-order valence-corrected chi connectivity index (χ4v) is 3.18. The summed E-state index contributed by atoms with van der Waals surface area (Å²) in [5.74, 6) is -0.778. The first kappa shape index (κ1) is 18.6. The fourth-order valence-electron chi connectivity index (χ4n) is 1.85. The summed E-state index contributed by atoms with van der Waals surface area (Å²) in [6.07, 6.45) is 0. The Morgan fingerprint density at radius 2 is 1.54 bits per heavy atom. The van der Waals surface area contributed by atoms with Crippen LogP contribution in [0.2, 0.25) is 0 Å². The maximum Gasteiger partial charge on any atom is 0.347 e. The molecule has 0 aliphatic rings. The molecular formula is C16H14Cl2O5S.